The second-order valence-corrected chi connectivity index (χ2v) is 5.58. The van der Waals surface area contributed by atoms with Gasteiger partial charge in [0, 0.05) is 25.3 Å². The number of carbonyl (C=O) groups is 2. The van der Waals surface area contributed by atoms with E-state index in [0.29, 0.717) is 16.3 Å². The summed E-state index contributed by atoms with van der Waals surface area (Å²) >= 11 is 6.05. The second-order valence-electron chi connectivity index (χ2n) is 5.14. The van der Waals surface area contributed by atoms with Gasteiger partial charge < -0.3 is 19.9 Å². The van der Waals surface area contributed by atoms with E-state index in [-0.39, 0.29) is 22.9 Å². The molecule has 0 aliphatic rings. The number of methoxy groups -OCH3 is 1. The van der Waals surface area contributed by atoms with E-state index >= 15 is 0 Å². The zero-order chi connectivity index (χ0) is 18.0. The number of ether oxygens (including phenoxy) is 1. The minimum absolute atomic E-state index is 0.0208. The summed E-state index contributed by atoms with van der Waals surface area (Å²) in [5.41, 5.74) is 6.55. The maximum atomic E-state index is 12.4. The molecule has 0 saturated heterocycles. The molecular weight excluding hydrogens is 332 g/mol. The summed E-state index contributed by atoms with van der Waals surface area (Å²) in [5.74, 6) is -1.01. The lowest BCUT2D eigenvalue weighted by molar-refractivity contribution is 0.0592. The normalized spacial score (nSPS) is 10.1. The molecule has 1 aromatic heterocycles. The van der Waals surface area contributed by atoms with Crippen LogP contribution in [0.1, 0.15) is 26.4 Å². The van der Waals surface area contributed by atoms with Gasteiger partial charge in [-0.2, -0.15) is 5.26 Å². The molecule has 1 aromatic carbocycles. The van der Waals surface area contributed by atoms with Crippen molar-refractivity contribution in [1.82, 2.24) is 9.47 Å². The molecule has 24 heavy (non-hydrogen) atoms. The molecule has 2 aromatic rings. The third-order valence-corrected chi connectivity index (χ3v) is 3.63. The van der Waals surface area contributed by atoms with E-state index in [9.17, 15) is 14.9 Å². The Hall–Kier alpha value is -2.98. The first kappa shape index (κ1) is 17.4. The standard InChI is InChI=1S/C16H15ClN4O3/c1-20(2)15(22)11-5-4-10(17)6-12(11)21-8-9(7-18)13(19)14(21)16(23)24-3/h4-6,8H,19H2,1-3H3. The van der Waals surface area contributed by atoms with Crippen molar-refractivity contribution in [2.24, 2.45) is 0 Å². The van der Waals surface area contributed by atoms with E-state index < -0.39 is 5.97 Å². The number of benzene rings is 1. The van der Waals surface area contributed by atoms with Crippen LogP contribution in [-0.2, 0) is 4.74 Å². The summed E-state index contributed by atoms with van der Waals surface area (Å²) in [6.45, 7) is 0. The molecule has 2 rings (SSSR count). The summed E-state index contributed by atoms with van der Waals surface area (Å²) in [7, 11) is 4.41. The van der Waals surface area contributed by atoms with Crippen LogP contribution in [0.4, 0.5) is 5.69 Å². The fourth-order valence-electron chi connectivity index (χ4n) is 2.23. The van der Waals surface area contributed by atoms with Gasteiger partial charge in [-0.25, -0.2) is 4.79 Å². The fraction of sp³-hybridized carbons (Fsp3) is 0.188. The molecule has 0 radical (unpaired) electrons. The van der Waals surface area contributed by atoms with Gasteiger partial charge in [0.15, 0.2) is 5.69 Å². The average molecular weight is 347 g/mol. The van der Waals surface area contributed by atoms with Gasteiger partial charge >= 0.3 is 5.97 Å². The highest BCUT2D eigenvalue weighted by Crippen LogP contribution is 2.28. The lowest BCUT2D eigenvalue weighted by Crippen LogP contribution is -2.24. The van der Waals surface area contributed by atoms with Crippen LogP contribution in [0.15, 0.2) is 24.4 Å². The zero-order valence-corrected chi connectivity index (χ0v) is 14.1. The van der Waals surface area contributed by atoms with Gasteiger partial charge in [-0.05, 0) is 18.2 Å². The van der Waals surface area contributed by atoms with Gasteiger partial charge in [-0.1, -0.05) is 11.6 Å². The number of amides is 1. The number of esters is 1. The first-order valence-corrected chi connectivity index (χ1v) is 7.20. The molecule has 1 amide bonds. The van der Waals surface area contributed by atoms with E-state index in [1.165, 1.54) is 28.8 Å². The van der Waals surface area contributed by atoms with Gasteiger partial charge in [-0.15, -0.1) is 0 Å². The highest BCUT2D eigenvalue weighted by molar-refractivity contribution is 6.31. The molecule has 124 valence electrons. The Morgan fingerprint density at radius 3 is 2.58 bits per heavy atom. The molecule has 0 bridgehead atoms. The molecule has 0 fully saturated rings. The number of aromatic nitrogens is 1. The van der Waals surface area contributed by atoms with Crippen LogP contribution in [-0.4, -0.2) is 42.5 Å². The van der Waals surface area contributed by atoms with E-state index in [4.69, 9.17) is 22.1 Å². The predicted octanol–water partition coefficient (Wildman–Crippen LogP) is 2.07. The van der Waals surface area contributed by atoms with E-state index in [1.54, 1.807) is 26.2 Å². The number of anilines is 1. The largest absolute Gasteiger partial charge is 0.464 e. The average Bonchev–Trinajstić information content (AvgIpc) is 2.89. The van der Waals surface area contributed by atoms with Crippen molar-refractivity contribution >= 4 is 29.2 Å². The number of hydrogen-bond acceptors (Lipinski definition) is 5. The molecular formula is C16H15ClN4O3. The summed E-state index contributed by atoms with van der Waals surface area (Å²) in [5, 5.41) is 9.55. The Bertz CT molecular complexity index is 865. The molecule has 0 aliphatic heterocycles. The van der Waals surface area contributed by atoms with E-state index in [2.05, 4.69) is 0 Å². The minimum Gasteiger partial charge on any atom is -0.464 e. The lowest BCUT2D eigenvalue weighted by atomic mass is 10.1. The number of nitrogens with zero attached hydrogens (tertiary/aromatic N) is 3. The highest BCUT2D eigenvalue weighted by Gasteiger charge is 2.25. The molecule has 0 unspecified atom stereocenters. The number of halogens is 1. The quantitative estimate of drug-likeness (QED) is 0.857. The monoisotopic (exact) mass is 346 g/mol. The molecule has 2 N–H and O–H groups in total. The number of hydrogen-bond donors (Lipinski definition) is 1. The Balaban J connectivity index is 2.82. The number of carbonyl (C=O) groups excluding carboxylic acids is 2. The van der Waals surface area contributed by atoms with Gasteiger partial charge in [0.25, 0.3) is 5.91 Å². The van der Waals surface area contributed by atoms with Crippen LogP contribution < -0.4 is 5.73 Å². The summed E-state index contributed by atoms with van der Waals surface area (Å²) in [6.07, 6.45) is 1.37. The summed E-state index contributed by atoms with van der Waals surface area (Å²) in [4.78, 5) is 25.9. The van der Waals surface area contributed by atoms with Gasteiger partial charge in [0.05, 0.1) is 29.6 Å². The molecule has 1 heterocycles. The summed E-state index contributed by atoms with van der Waals surface area (Å²) < 4.78 is 6.09. The molecule has 0 atom stereocenters. The van der Waals surface area contributed by atoms with E-state index in [1.807, 2.05) is 6.07 Å². The minimum atomic E-state index is -0.725. The van der Waals surface area contributed by atoms with Crippen molar-refractivity contribution in [3.8, 4) is 11.8 Å². The van der Waals surface area contributed by atoms with Crippen LogP contribution in [0.2, 0.25) is 5.02 Å². The van der Waals surface area contributed by atoms with Gasteiger partial charge in [-0.3, -0.25) is 4.79 Å². The van der Waals surface area contributed by atoms with Crippen LogP contribution in [0.3, 0.4) is 0 Å². The zero-order valence-electron chi connectivity index (χ0n) is 13.3. The SMILES string of the molecule is COC(=O)c1c(N)c(C#N)cn1-c1cc(Cl)ccc1C(=O)N(C)C. The lowest BCUT2D eigenvalue weighted by Gasteiger charge is -2.16. The van der Waals surface area contributed by atoms with Crippen LogP contribution in [0.5, 0.6) is 0 Å². The van der Waals surface area contributed by atoms with Crippen LogP contribution in [0.25, 0.3) is 5.69 Å². The Labute approximate surface area is 143 Å². The third kappa shape index (κ3) is 2.92. The first-order chi connectivity index (χ1) is 11.3. The van der Waals surface area contributed by atoms with Gasteiger partial charge in [0.1, 0.15) is 6.07 Å². The predicted molar refractivity (Wildman–Crippen MR) is 89.3 cm³/mol. The maximum Gasteiger partial charge on any atom is 0.357 e. The van der Waals surface area contributed by atoms with Crippen LogP contribution >= 0.6 is 11.6 Å². The number of nitrogen functional groups attached to an aromatic ring is 1. The molecule has 0 spiro atoms. The smallest absolute Gasteiger partial charge is 0.357 e. The van der Waals surface area contributed by atoms with Crippen molar-refractivity contribution in [1.29, 1.82) is 5.26 Å². The third-order valence-electron chi connectivity index (χ3n) is 3.40. The van der Waals surface area contributed by atoms with Crippen molar-refractivity contribution in [2.75, 3.05) is 26.9 Å². The Morgan fingerprint density at radius 2 is 2.04 bits per heavy atom. The van der Waals surface area contributed by atoms with Crippen LogP contribution in [0, 0.1) is 11.3 Å². The molecule has 0 aliphatic carbocycles. The number of nitrogens with two attached hydrogens (primary N) is 1. The summed E-state index contributed by atoms with van der Waals surface area (Å²) in [6, 6.07) is 6.54. The number of rotatable bonds is 3. The van der Waals surface area contributed by atoms with Gasteiger partial charge in [0.2, 0.25) is 0 Å². The van der Waals surface area contributed by atoms with Crippen molar-refractivity contribution in [3.05, 3.63) is 46.2 Å². The second kappa shape index (κ2) is 6.64. The Morgan fingerprint density at radius 1 is 1.38 bits per heavy atom. The fourth-order valence-corrected chi connectivity index (χ4v) is 2.40. The molecule has 8 heteroatoms. The number of nitriles is 1. The van der Waals surface area contributed by atoms with E-state index in [0.717, 1.165) is 0 Å². The first-order valence-electron chi connectivity index (χ1n) is 6.82. The Kier molecular flexibility index (Phi) is 4.81. The molecule has 7 nitrogen and oxygen atoms in total. The van der Waals surface area contributed by atoms with Crippen molar-refractivity contribution in [3.63, 3.8) is 0 Å². The topological polar surface area (TPSA) is 101 Å². The highest BCUT2D eigenvalue weighted by atomic mass is 35.5. The van der Waals surface area contributed by atoms with Crippen molar-refractivity contribution < 1.29 is 14.3 Å². The maximum absolute atomic E-state index is 12.4. The molecule has 0 saturated carbocycles. The van der Waals surface area contributed by atoms with Crippen molar-refractivity contribution in [2.45, 2.75) is 0 Å².